The number of H-pyrrole nitrogens is 1. The highest BCUT2D eigenvalue weighted by Gasteiger charge is 2.20. The van der Waals surface area contributed by atoms with Gasteiger partial charge in [-0.05, 0) is 18.2 Å². The molecule has 2 aromatic carbocycles. The molecule has 0 saturated carbocycles. The minimum Gasteiger partial charge on any atom is -0.508 e. The van der Waals surface area contributed by atoms with Gasteiger partial charge in [-0.15, -0.1) is 0 Å². The van der Waals surface area contributed by atoms with E-state index in [0.717, 1.165) is 27.8 Å². The van der Waals surface area contributed by atoms with E-state index in [9.17, 15) is 5.11 Å². The first kappa shape index (κ1) is 13.1. The number of nitrogens with zero attached hydrogens (tertiary/aromatic N) is 1. The van der Waals surface area contributed by atoms with E-state index in [1.165, 1.54) is 0 Å². The minimum atomic E-state index is 0.149. The van der Waals surface area contributed by atoms with E-state index < -0.39 is 0 Å². The summed E-state index contributed by atoms with van der Waals surface area (Å²) in [6.07, 6.45) is 0. The Morgan fingerprint density at radius 2 is 2.12 bits per heavy atom. The van der Waals surface area contributed by atoms with Crippen LogP contribution in [-0.2, 0) is 0 Å². The molecule has 3 heterocycles. The fraction of sp³-hybridized carbons (Fsp3) is 0.118. The van der Waals surface area contributed by atoms with Crippen LogP contribution in [0.15, 0.2) is 34.7 Å². The molecule has 1 aliphatic rings. The Bertz CT molecular complexity index is 1100. The van der Waals surface area contributed by atoms with Crippen LogP contribution in [-0.4, -0.2) is 28.2 Å². The maximum atomic E-state index is 9.92. The molecule has 0 radical (unpaired) electrons. The van der Waals surface area contributed by atoms with E-state index in [2.05, 4.69) is 15.3 Å². The van der Waals surface area contributed by atoms with Crippen LogP contribution < -0.4 is 15.8 Å². The number of nitrogens with one attached hydrogen (secondary N) is 2. The Hall–Kier alpha value is -3.35. The Balaban J connectivity index is 1.79. The summed E-state index contributed by atoms with van der Waals surface area (Å²) in [7, 11) is 0. The van der Waals surface area contributed by atoms with Crippen LogP contribution in [0.3, 0.4) is 0 Å². The van der Waals surface area contributed by atoms with Gasteiger partial charge < -0.3 is 30.3 Å². The third-order valence-electron chi connectivity index (χ3n) is 4.20. The lowest BCUT2D eigenvalue weighted by atomic mass is 10.1. The summed E-state index contributed by atoms with van der Waals surface area (Å²) in [5.41, 5.74) is 10.6. The SMILES string of the molecule is Nc1nc2cc(-c3[nH]c4cc(O)cc5c4c3NCCO5)ccc2o1. The number of nitrogens with two attached hydrogens (primary N) is 1. The number of hydrogen-bond donors (Lipinski definition) is 4. The van der Waals surface area contributed by atoms with Gasteiger partial charge in [-0.2, -0.15) is 4.98 Å². The molecule has 0 bridgehead atoms. The molecule has 5 N–H and O–H groups in total. The zero-order chi connectivity index (χ0) is 16.3. The summed E-state index contributed by atoms with van der Waals surface area (Å²) in [5.74, 6) is 0.831. The molecule has 24 heavy (non-hydrogen) atoms. The Morgan fingerprint density at radius 3 is 3.04 bits per heavy atom. The second-order valence-electron chi connectivity index (χ2n) is 5.75. The Labute approximate surface area is 136 Å². The molecule has 0 fully saturated rings. The predicted molar refractivity (Wildman–Crippen MR) is 91.4 cm³/mol. The Kier molecular flexibility index (Phi) is 2.50. The quantitative estimate of drug-likeness (QED) is 0.429. The molecule has 2 aromatic heterocycles. The lowest BCUT2D eigenvalue weighted by Gasteiger charge is -2.05. The molecular formula is C17H14N4O3. The maximum absolute atomic E-state index is 9.92. The molecule has 7 heteroatoms. The van der Waals surface area contributed by atoms with Gasteiger partial charge in [0.1, 0.15) is 23.6 Å². The van der Waals surface area contributed by atoms with Crippen LogP contribution in [0, 0.1) is 0 Å². The average molecular weight is 322 g/mol. The third kappa shape index (κ3) is 1.81. The summed E-state index contributed by atoms with van der Waals surface area (Å²) in [6, 6.07) is 9.19. The van der Waals surface area contributed by atoms with Gasteiger partial charge in [0.25, 0.3) is 6.01 Å². The molecule has 0 saturated heterocycles. The predicted octanol–water partition coefficient (Wildman–Crippen LogP) is 3.07. The van der Waals surface area contributed by atoms with Crippen molar-refractivity contribution in [2.24, 2.45) is 0 Å². The van der Waals surface area contributed by atoms with Gasteiger partial charge in [0.15, 0.2) is 5.58 Å². The largest absolute Gasteiger partial charge is 0.508 e. The van der Waals surface area contributed by atoms with Crippen molar-refractivity contribution in [3.63, 3.8) is 0 Å². The topological polar surface area (TPSA) is 109 Å². The van der Waals surface area contributed by atoms with E-state index in [-0.39, 0.29) is 11.8 Å². The molecule has 0 spiro atoms. The first-order chi connectivity index (χ1) is 11.7. The number of rotatable bonds is 1. The highest BCUT2D eigenvalue weighted by Crippen LogP contribution is 2.43. The molecule has 0 unspecified atom stereocenters. The van der Waals surface area contributed by atoms with Crippen molar-refractivity contribution in [3.05, 3.63) is 30.3 Å². The third-order valence-corrected chi connectivity index (χ3v) is 4.20. The highest BCUT2D eigenvalue weighted by atomic mass is 16.5. The van der Waals surface area contributed by atoms with Crippen molar-refractivity contribution in [2.45, 2.75) is 0 Å². The number of fused-ring (bicyclic) bond motifs is 1. The second kappa shape index (κ2) is 4.58. The van der Waals surface area contributed by atoms with Crippen LogP contribution in [0.25, 0.3) is 33.3 Å². The van der Waals surface area contributed by atoms with Gasteiger partial charge in [0.05, 0.1) is 22.3 Å². The number of anilines is 2. The highest BCUT2D eigenvalue weighted by molar-refractivity contribution is 6.06. The van der Waals surface area contributed by atoms with Crippen molar-refractivity contribution >= 4 is 33.7 Å². The molecule has 0 aliphatic carbocycles. The number of benzene rings is 2. The molecular weight excluding hydrogens is 308 g/mol. The van der Waals surface area contributed by atoms with Crippen LogP contribution >= 0.6 is 0 Å². The number of oxazole rings is 1. The van der Waals surface area contributed by atoms with E-state index >= 15 is 0 Å². The summed E-state index contributed by atoms with van der Waals surface area (Å²) < 4.78 is 11.1. The lowest BCUT2D eigenvalue weighted by Crippen LogP contribution is -2.08. The van der Waals surface area contributed by atoms with Gasteiger partial charge in [-0.1, -0.05) is 0 Å². The summed E-state index contributed by atoms with van der Waals surface area (Å²) in [5, 5.41) is 14.2. The zero-order valence-electron chi connectivity index (χ0n) is 12.6. The first-order valence-corrected chi connectivity index (χ1v) is 7.61. The van der Waals surface area contributed by atoms with E-state index in [0.29, 0.717) is 30.0 Å². The van der Waals surface area contributed by atoms with Gasteiger partial charge >= 0.3 is 0 Å². The number of phenolic OH excluding ortho intramolecular Hbond substituents is 1. The van der Waals surface area contributed by atoms with Crippen molar-refractivity contribution in [1.29, 1.82) is 0 Å². The number of aromatic nitrogens is 2. The van der Waals surface area contributed by atoms with E-state index in [1.54, 1.807) is 12.1 Å². The molecule has 4 aromatic rings. The van der Waals surface area contributed by atoms with Crippen molar-refractivity contribution in [3.8, 4) is 22.8 Å². The summed E-state index contributed by atoms with van der Waals surface area (Å²) in [6.45, 7) is 1.21. The summed E-state index contributed by atoms with van der Waals surface area (Å²) in [4.78, 5) is 7.55. The van der Waals surface area contributed by atoms with Crippen molar-refractivity contribution in [2.75, 3.05) is 24.2 Å². The molecule has 0 amide bonds. The van der Waals surface area contributed by atoms with Gasteiger partial charge in [0.2, 0.25) is 0 Å². The smallest absolute Gasteiger partial charge is 0.292 e. The maximum Gasteiger partial charge on any atom is 0.292 e. The number of hydrogen-bond acceptors (Lipinski definition) is 6. The van der Waals surface area contributed by atoms with Gasteiger partial charge in [-0.3, -0.25) is 0 Å². The zero-order valence-corrected chi connectivity index (χ0v) is 12.6. The van der Waals surface area contributed by atoms with E-state index in [1.807, 2.05) is 18.2 Å². The fourth-order valence-electron chi connectivity index (χ4n) is 3.22. The van der Waals surface area contributed by atoms with Gasteiger partial charge in [0, 0.05) is 24.2 Å². The molecule has 7 nitrogen and oxygen atoms in total. The number of ether oxygens (including phenoxy) is 1. The molecule has 0 atom stereocenters. The lowest BCUT2D eigenvalue weighted by molar-refractivity contribution is 0.337. The number of nitrogen functional groups attached to an aromatic ring is 1. The van der Waals surface area contributed by atoms with Crippen LogP contribution in [0.4, 0.5) is 11.7 Å². The standard InChI is InChI=1S/C17H14N4O3/c18-17-21-10-5-8(1-2-12(10)24-17)15-16-14-11(20-15)6-9(22)7-13(14)23-4-3-19-16/h1-2,5-7,19-20,22H,3-4H2,(H2,18,21). The average Bonchev–Trinajstić information content (AvgIpc) is 3.02. The van der Waals surface area contributed by atoms with Crippen LogP contribution in [0.2, 0.25) is 0 Å². The van der Waals surface area contributed by atoms with E-state index in [4.69, 9.17) is 14.9 Å². The fourth-order valence-corrected chi connectivity index (χ4v) is 3.22. The first-order valence-electron chi connectivity index (χ1n) is 7.61. The normalized spacial score (nSPS) is 13.7. The molecule has 5 rings (SSSR count). The number of phenols is 1. The molecule has 120 valence electrons. The van der Waals surface area contributed by atoms with Crippen molar-refractivity contribution in [1.82, 2.24) is 9.97 Å². The monoisotopic (exact) mass is 322 g/mol. The van der Waals surface area contributed by atoms with Crippen LogP contribution in [0.1, 0.15) is 0 Å². The second-order valence-corrected chi connectivity index (χ2v) is 5.75. The Morgan fingerprint density at radius 1 is 1.21 bits per heavy atom. The minimum absolute atomic E-state index is 0.149. The van der Waals surface area contributed by atoms with Crippen molar-refractivity contribution < 1.29 is 14.3 Å². The number of aromatic amines is 1. The number of aromatic hydroxyl groups is 1. The summed E-state index contributed by atoms with van der Waals surface area (Å²) >= 11 is 0. The molecule has 1 aliphatic heterocycles. The van der Waals surface area contributed by atoms with Crippen LogP contribution in [0.5, 0.6) is 11.5 Å². The van der Waals surface area contributed by atoms with Gasteiger partial charge in [-0.25, -0.2) is 0 Å².